The molecule has 2 nitrogen and oxygen atoms in total. The molecule has 1 fully saturated rings. The molecule has 0 bridgehead atoms. The van der Waals surface area contributed by atoms with Gasteiger partial charge in [0.1, 0.15) is 0 Å². The lowest BCUT2D eigenvalue weighted by atomic mass is 10.2. The van der Waals surface area contributed by atoms with Gasteiger partial charge in [-0.3, -0.25) is 0 Å². The van der Waals surface area contributed by atoms with Gasteiger partial charge < -0.3 is 10.2 Å². The minimum absolute atomic E-state index is 0.838. The number of thiocarbonyl (C=S) groups is 1. The lowest BCUT2D eigenvalue weighted by molar-refractivity contribution is 0.431. The van der Waals surface area contributed by atoms with E-state index in [2.05, 4.69) is 16.5 Å². The number of hydrogen-bond donors (Lipinski definition) is 1. The van der Waals surface area contributed by atoms with Crippen molar-refractivity contribution in [3.8, 4) is 0 Å². The van der Waals surface area contributed by atoms with Gasteiger partial charge in [0.2, 0.25) is 0 Å². The van der Waals surface area contributed by atoms with Crippen molar-refractivity contribution in [2.75, 3.05) is 26.4 Å². The van der Waals surface area contributed by atoms with Crippen LogP contribution >= 0.6 is 24.0 Å². The van der Waals surface area contributed by atoms with Crippen LogP contribution in [0.2, 0.25) is 0 Å². The second-order valence-corrected chi connectivity index (χ2v) is 4.86. The Morgan fingerprint density at radius 2 is 2.23 bits per heavy atom. The van der Waals surface area contributed by atoms with Crippen LogP contribution in [0.1, 0.15) is 19.3 Å². The maximum atomic E-state index is 5.22. The number of thioether (sulfide) groups is 1. The Bertz CT molecular complexity index is 173. The number of rotatable bonds is 1. The second-order valence-electron chi connectivity index (χ2n) is 3.33. The van der Waals surface area contributed by atoms with Gasteiger partial charge in [-0.05, 0) is 37.7 Å². The average Bonchev–Trinajstić information content (AvgIpc) is 2.41. The molecule has 1 atom stereocenters. The highest BCUT2D eigenvalue weighted by atomic mass is 32.2. The fourth-order valence-electron chi connectivity index (χ4n) is 1.66. The zero-order valence-electron chi connectivity index (χ0n) is 8.38. The van der Waals surface area contributed by atoms with Gasteiger partial charge in [-0.25, -0.2) is 0 Å². The molecule has 13 heavy (non-hydrogen) atoms. The van der Waals surface area contributed by atoms with E-state index in [1.54, 1.807) is 0 Å². The molecule has 76 valence electrons. The van der Waals surface area contributed by atoms with Gasteiger partial charge in [0.25, 0.3) is 0 Å². The van der Waals surface area contributed by atoms with Gasteiger partial charge in [-0.1, -0.05) is 0 Å². The van der Waals surface area contributed by atoms with Crippen LogP contribution in [0.25, 0.3) is 0 Å². The van der Waals surface area contributed by atoms with Gasteiger partial charge in [0.15, 0.2) is 5.11 Å². The molecule has 1 heterocycles. The topological polar surface area (TPSA) is 15.3 Å². The lowest BCUT2D eigenvalue weighted by Gasteiger charge is -2.22. The van der Waals surface area contributed by atoms with E-state index < -0.39 is 0 Å². The van der Waals surface area contributed by atoms with E-state index in [0.29, 0.717) is 0 Å². The van der Waals surface area contributed by atoms with Crippen LogP contribution in [0.15, 0.2) is 0 Å². The number of nitrogens with zero attached hydrogens (tertiary/aromatic N) is 1. The third-order valence-electron chi connectivity index (χ3n) is 2.51. The van der Waals surface area contributed by atoms with Gasteiger partial charge in [-0.15, -0.1) is 0 Å². The Morgan fingerprint density at radius 3 is 2.85 bits per heavy atom. The molecule has 0 aromatic heterocycles. The summed E-state index contributed by atoms with van der Waals surface area (Å²) in [6.07, 6.45) is 6.08. The fraction of sp³-hybridized carbons (Fsp3) is 0.889. The summed E-state index contributed by atoms with van der Waals surface area (Å²) in [5.74, 6) is 0. The van der Waals surface area contributed by atoms with Crippen LogP contribution in [0.3, 0.4) is 0 Å². The Labute approximate surface area is 90.4 Å². The maximum Gasteiger partial charge on any atom is 0.168 e. The summed E-state index contributed by atoms with van der Waals surface area (Å²) in [5.41, 5.74) is 0. The molecule has 1 saturated heterocycles. The zero-order chi connectivity index (χ0) is 9.68. The van der Waals surface area contributed by atoms with E-state index in [1.165, 1.54) is 19.3 Å². The molecule has 0 amide bonds. The van der Waals surface area contributed by atoms with Crippen LogP contribution in [-0.2, 0) is 0 Å². The Morgan fingerprint density at radius 1 is 1.46 bits per heavy atom. The molecule has 1 N–H and O–H groups in total. The van der Waals surface area contributed by atoms with E-state index in [-0.39, 0.29) is 0 Å². The molecular formula is C9H18N2S2. The molecule has 0 spiro atoms. The van der Waals surface area contributed by atoms with Gasteiger partial charge in [-0.2, -0.15) is 11.8 Å². The summed E-state index contributed by atoms with van der Waals surface area (Å²) < 4.78 is 0. The molecule has 1 rings (SSSR count). The normalized spacial score (nSPS) is 23.8. The second kappa shape index (κ2) is 5.70. The summed E-state index contributed by atoms with van der Waals surface area (Å²) in [4.78, 5) is 2.28. The highest BCUT2D eigenvalue weighted by molar-refractivity contribution is 7.99. The first-order chi connectivity index (χ1) is 6.27. The predicted molar refractivity (Wildman–Crippen MR) is 64.4 cm³/mol. The Balaban J connectivity index is 2.40. The van der Waals surface area contributed by atoms with Crippen LogP contribution in [0.4, 0.5) is 0 Å². The Hall–Kier alpha value is 0.0400. The first kappa shape index (κ1) is 11.1. The number of nitrogens with one attached hydrogen (secondary N) is 1. The van der Waals surface area contributed by atoms with Crippen molar-refractivity contribution in [3.05, 3.63) is 0 Å². The minimum atomic E-state index is 0.838. The SMILES string of the molecule is CNC(=S)N1CCCC(SC)CC1. The summed E-state index contributed by atoms with van der Waals surface area (Å²) in [6, 6.07) is 0. The molecular weight excluding hydrogens is 200 g/mol. The molecule has 0 saturated carbocycles. The number of likely N-dealkylation sites (tertiary alicyclic amines) is 1. The van der Waals surface area contributed by atoms with E-state index in [9.17, 15) is 0 Å². The minimum Gasteiger partial charge on any atom is -0.366 e. The molecule has 0 radical (unpaired) electrons. The smallest absolute Gasteiger partial charge is 0.168 e. The van der Waals surface area contributed by atoms with Crippen LogP contribution in [-0.4, -0.2) is 41.7 Å². The maximum absolute atomic E-state index is 5.22. The zero-order valence-corrected chi connectivity index (χ0v) is 10.0. The van der Waals surface area contributed by atoms with Crippen molar-refractivity contribution in [1.82, 2.24) is 10.2 Å². The van der Waals surface area contributed by atoms with Crippen molar-refractivity contribution in [2.24, 2.45) is 0 Å². The van der Waals surface area contributed by atoms with E-state index in [4.69, 9.17) is 12.2 Å². The summed E-state index contributed by atoms with van der Waals surface area (Å²) in [6.45, 7) is 2.24. The summed E-state index contributed by atoms with van der Waals surface area (Å²) in [5, 5.41) is 4.79. The highest BCUT2D eigenvalue weighted by Gasteiger charge is 2.16. The molecule has 1 aliphatic heterocycles. The van der Waals surface area contributed by atoms with E-state index >= 15 is 0 Å². The van der Waals surface area contributed by atoms with E-state index in [0.717, 1.165) is 23.5 Å². The predicted octanol–water partition coefficient (Wildman–Crippen LogP) is 1.71. The molecule has 0 aromatic rings. The largest absolute Gasteiger partial charge is 0.366 e. The first-order valence-corrected chi connectivity index (χ1v) is 6.47. The van der Waals surface area contributed by atoms with Crippen LogP contribution in [0, 0.1) is 0 Å². The molecule has 0 aliphatic carbocycles. The molecule has 1 aliphatic rings. The van der Waals surface area contributed by atoms with Crippen LogP contribution < -0.4 is 5.32 Å². The van der Waals surface area contributed by atoms with Crippen molar-refractivity contribution >= 4 is 29.1 Å². The van der Waals surface area contributed by atoms with Gasteiger partial charge >= 0.3 is 0 Å². The third kappa shape index (κ3) is 3.35. The van der Waals surface area contributed by atoms with Crippen LogP contribution in [0.5, 0.6) is 0 Å². The van der Waals surface area contributed by atoms with Crippen molar-refractivity contribution in [2.45, 2.75) is 24.5 Å². The first-order valence-electron chi connectivity index (χ1n) is 4.77. The molecule has 0 aromatic carbocycles. The highest BCUT2D eigenvalue weighted by Crippen LogP contribution is 2.20. The summed E-state index contributed by atoms with van der Waals surface area (Å²) >= 11 is 7.21. The van der Waals surface area contributed by atoms with Gasteiger partial charge in [0.05, 0.1) is 0 Å². The fourth-order valence-corrected chi connectivity index (χ4v) is 2.59. The summed E-state index contributed by atoms with van der Waals surface area (Å²) in [7, 11) is 1.90. The van der Waals surface area contributed by atoms with Crippen molar-refractivity contribution in [1.29, 1.82) is 0 Å². The Kier molecular flexibility index (Phi) is 4.88. The molecule has 1 unspecified atom stereocenters. The molecule has 4 heteroatoms. The van der Waals surface area contributed by atoms with Crippen molar-refractivity contribution < 1.29 is 0 Å². The van der Waals surface area contributed by atoms with Gasteiger partial charge in [0, 0.05) is 25.4 Å². The average molecular weight is 218 g/mol. The number of hydrogen-bond acceptors (Lipinski definition) is 2. The third-order valence-corrected chi connectivity index (χ3v) is 4.11. The standard InChI is InChI=1S/C9H18N2S2/c1-10-9(12)11-6-3-4-8(13-2)5-7-11/h8H,3-7H2,1-2H3,(H,10,12). The van der Waals surface area contributed by atoms with Crippen molar-refractivity contribution in [3.63, 3.8) is 0 Å². The lowest BCUT2D eigenvalue weighted by Crippen LogP contribution is -2.38. The monoisotopic (exact) mass is 218 g/mol. The van der Waals surface area contributed by atoms with E-state index in [1.807, 2.05) is 18.8 Å². The quantitative estimate of drug-likeness (QED) is 0.674.